The number of carbonyl (C=O) groups excluding carboxylic acids is 1. The molecule has 2 aromatic carbocycles. The number of hydrogen-bond acceptors (Lipinski definition) is 1. The zero-order valence-corrected chi connectivity index (χ0v) is 14.6. The molecule has 122 valence electrons. The molecule has 0 fully saturated rings. The molecule has 1 aromatic heterocycles. The van der Waals surface area contributed by atoms with Crippen LogP contribution in [-0.2, 0) is 0 Å². The number of pyridine rings is 1. The largest absolute Gasteiger partial charge is 1.00 e. The summed E-state index contributed by atoms with van der Waals surface area (Å²) in [7, 11) is 1.74. The maximum atomic E-state index is 12.7. The fraction of sp³-hybridized carbons (Fsp3) is 0.0526. The third kappa shape index (κ3) is 3.94. The molecule has 3 rings (SSSR count). The Morgan fingerprint density at radius 3 is 2.21 bits per heavy atom. The predicted octanol–water partition coefficient (Wildman–Crippen LogP) is 1.40. The van der Waals surface area contributed by atoms with Crippen molar-refractivity contribution in [2.24, 2.45) is 0 Å². The number of hydrogen-bond donors (Lipinski definition) is 0. The molecule has 0 saturated carbocycles. The summed E-state index contributed by atoms with van der Waals surface area (Å²) in [5.74, 6) is 0. The van der Waals surface area contributed by atoms with Crippen molar-refractivity contribution in [3.05, 3.63) is 84.1 Å². The number of rotatable bonds is 2. The van der Waals surface area contributed by atoms with Gasteiger partial charge in [-0.15, -0.1) is 0 Å². The summed E-state index contributed by atoms with van der Waals surface area (Å²) in [5, 5.41) is 0.647. The van der Waals surface area contributed by atoms with Crippen LogP contribution in [0.15, 0.2) is 79.1 Å². The van der Waals surface area contributed by atoms with Crippen molar-refractivity contribution >= 4 is 23.3 Å². The van der Waals surface area contributed by atoms with Gasteiger partial charge in [-0.25, -0.2) is 0 Å². The van der Waals surface area contributed by atoms with Crippen molar-refractivity contribution in [3.63, 3.8) is 0 Å². The Bertz CT molecular complexity index is 820. The zero-order chi connectivity index (χ0) is 16.2. The lowest BCUT2D eigenvalue weighted by atomic mass is 10.1. The Kier molecular flexibility index (Phi) is 5.96. The molecule has 0 aliphatic heterocycles. The molecule has 3 aromatic rings. The minimum atomic E-state index is -0.134. The van der Waals surface area contributed by atoms with Crippen LogP contribution >= 0.6 is 11.6 Å². The summed E-state index contributed by atoms with van der Waals surface area (Å²) >= 11 is 5.89. The standard InChI is InChI=1S/C19H16ClN2O.ClH/c1-21(18-11-9-17(20)10-12-18)19(23)22-13-5-8-16(14-22)15-6-3-2-4-7-15;/h2-14H,1H3;1H/q+1;/p-1. The van der Waals surface area contributed by atoms with Crippen LogP contribution in [0.3, 0.4) is 0 Å². The number of amides is 1. The first-order valence-corrected chi connectivity index (χ1v) is 7.63. The number of nitrogens with zero attached hydrogens (tertiary/aromatic N) is 2. The first kappa shape index (κ1) is 18.0. The van der Waals surface area contributed by atoms with Gasteiger partial charge in [0.1, 0.15) is 11.9 Å². The van der Waals surface area contributed by atoms with E-state index in [0.29, 0.717) is 5.02 Å². The van der Waals surface area contributed by atoms with Gasteiger partial charge in [-0.05, 0) is 42.0 Å². The van der Waals surface area contributed by atoms with Gasteiger partial charge in [0.25, 0.3) is 0 Å². The van der Waals surface area contributed by atoms with E-state index in [1.807, 2.05) is 60.8 Å². The van der Waals surface area contributed by atoms with Crippen molar-refractivity contribution < 1.29 is 21.8 Å². The molecule has 0 bridgehead atoms. The van der Waals surface area contributed by atoms with Crippen LogP contribution in [0.1, 0.15) is 0 Å². The molecule has 0 radical (unpaired) electrons. The van der Waals surface area contributed by atoms with E-state index >= 15 is 0 Å². The first-order chi connectivity index (χ1) is 11.1. The SMILES string of the molecule is CN(C(=O)[n+]1cccc(-c2ccccc2)c1)c1ccc(Cl)cc1.[Cl-]. The Labute approximate surface area is 152 Å². The molecular weight excluding hydrogens is 343 g/mol. The summed E-state index contributed by atoms with van der Waals surface area (Å²) < 4.78 is 1.58. The highest BCUT2D eigenvalue weighted by Crippen LogP contribution is 2.18. The van der Waals surface area contributed by atoms with E-state index in [9.17, 15) is 4.79 Å². The molecule has 5 heteroatoms. The third-order valence-electron chi connectivity index (χ3n) is 3.63. The normalized spacial score (nSPS) is 9.92. The lowest BCUT2D eigenvalue weighted by Crippen LogP contribution is -3.00. The van der Waals surface area contributed by atoms with Gasteiger partial charge in [0, 0.05) is 10.6 Å². The van der Waals surface area contributed by atoms with Crippen LogP contribution in [0.2, 0.25) is 5.02 Å². The number of aromatic nitrogens is 1. The van der Waals surface area contributed by atoms with E-state index in [0.717, 1.165) is 16.8 Å². The van der Waals surface area contributed by atoms with Crippen molar-refractivity contribution in [2.75, 3.05) is 11.9 Å². The molecule has 1 amide bonds. The van der Waals surface area contributed by atoms with E-state index in [-0.39, 0.29) is 18.4 Å². The summed E-state index contributed by atoms with van der Waals surface area (Å²) in [6.07, 6.45) is 3.59. The average molecular weight is 359 g/mol. The molecule has 3 nitrogen and oxygen atoms in total. The zero-order valence-electron chi connectivity index (χ0n) is 13.1. The molecular formula is C19H16Cl2N2O. The predicted molar refractivity (Wildman–Crippen MR) is 92.7 cm³/mol. The molecule has 0 saturated heterocycles. The number of benzene rings is 2. The van der Waals surface area contributed by atoms with Gasteiger partial charge in [-0.3, -0.25) is 0 Å². The van der Waals surface area contributed by atoms with Gasteiger partial charge in [-0.1, -0.05) is 41.9 Å². The van der Waals surface area contributed by atoms with E-state index < -0.39 is 0 Å². The molecule has 0 unspecified atom stereocenters. The Hall–Kier alpha value is -2.36. The van der Waals surface area contributed by atoms with E-state index in [2.05, 4.69) is 0 Å². The lowest BCUT2D eigenvalue weighted by Gasteiger charge is -2.10. The number of halogens is 2. The summed E-state index contributed by atoms with van der Waals surface area (Å²) in [4.78, 5) is 14.3. The van der Waals surface area contributed by atoms with Crippen LogP contribution in [0.5, 0.6) is 0 Å². The Morgan fingerprint density at radius 1 is 0.917 bits per heavy atom. The highest BCUT2D eigenvalue weighted by Gasteiger charge is 2.22. The second-order valence-corrected chi connectivity index (χ2v) is 5.62. The minimum Gasteiger partial charge on any atom is -1.00 e. The molecule has 1 heterocycles. The van der Waals surface area contributed by atoms with E-state index in [4.69, 9.17) is 11.6 Å². The average Bonchev–Trinajstić information content (AvgIpc) is 2.62. The van der Waals surface area contributed by atoms with Crippen LogP contribution in [-0.4, -0.2) is 13.1 Å². The quantitative estimate of drug-likeness (QED) is 0.635. The molecule has 0 aliphatic rings. The summed E-state index contributed by atoms with van der Waals surface area (Å²) in [6.45, 7) is 0. The molecule has 0 spiro atoms. The highest BCUT2D eigenvalue weighted by atomic mass is 35.5. The topological polar surface area (TPSA) is 24.2 Å². The van der Waals surface area contributed by atoms with Gasteiger partial charge in [0.05, 0.1) is 13.2 Å². The van der Waals surface area contributed by atoms with Crippen LogP contribution < -0.4 is 21.9 Å². The minimum absolute atomic E-state index is 0. The van der Waals surface area contributed by atoms with Crippen molar-refractivity contribution in [2.45, 2.75) is 0 Å². The molecule has 0 N–H and O–H groups in total. The van der Waals surface area contributed by atoms with Crippen molar-refractivity contribution in [1.82, 2.24) is 0 Å². The van der Waals surface area contributed by atoms with Gasteiger partial charge in [0.15, 0.2) is 0 Å². The maximum Gasteiger partial charge on any atom is 0.502 e. The molecule has 0 atom stereocenters. The fourth-order valence-corrected chi connectivity index (χ4v) is 2.47. The summed E-state index contributed by atoms with van der Waals surface area (Å²) in [5.41, 5.74) is 2.85. The highest BCUT2D eigenvalue weighted by molar-refractivity contribution is 6.30. The second-order valence-electron chi connectivity index (χ2n) is 5.18. The van der Waals surface area contributed by atoms with Crippen molar-refractivity contribution in [3.8, 4) is 11.1 Å². The number of carbonyl (C=O) groups is 1. The molecule has 24 heavy (non-hydrogen) atoms. The Morgan fingerprint density at radius 2 is 1.54 bits per heavy atom. The van der Waals surface area contributed by atoms with Crippen LogP contribution in [0.4, 0.5) is 10.5 Å². The van der Waals surface area contributed by atoms with Crippen LogP contribution in [0, 0.1) is 0 Å². The second kappa shape index (κ2) is 7.95. The fourth-order valence-electron chi connectivity index (χ4n) is 2.34. The monoisotopic (exact) mass is 358 g/mol. The van der Waals surface area contributed by atoms with E-state index in [1.54, 1.807) is 34.8 Å². The van der Waals surface area contributed by atoms with Crippen LogP contribution in [0.25, 0.3) is 11.1 Å². The first-order valence-electron chi connectivity index (χ1n) is 7.25. The number of anilines is 1. The van der Waals surface area contributed by atoms with Gasteiger partial charge >= 0.3 is 6.03 Å². The van der Waals surface area contributed by atoms with Gasteiger partial charge in [0.2, 0.25) is 0 Å². The smallest absolute Gasteiger partial charge is 0.502 e. The summed E-state index contributed by atoms with van der Waals surface area (Å²) in [6, 6.07) is 20.9. The van der Waals surface area contributed by atoms with Crippen molar-refractivity contribution in [1.29, 1.82) is 0 Å². The van der Waals surface area contributed by atoms with Gasteiger partial charge in [-0.2, -0.15) is 14.3 Å². The maximum absolute atomic E-state index is 12.7. The van der Waals surface area contributed by atoms with Gasteiger partial charge < -0.3 is 12.4 Å². The van der Waals surface area contributed by atoms with E-state index in [1.165, 1.54) is 0 Å². The Balaban J connectivity index is 0.00000208. The third-order valence-corrected chi connectivity index (χ3v) is 3.88. The lowest BCUT2D eigenvalue weighted by molar-refractivity contribution is -0.569. The molecule has 0 aliphatic carbocycles.